The zero-order chi connectivity index (χ0) is 35.3. The van der Waals surface area contributed by atoms with Crippen molar-refractivity contribution in [2.45, 2.75) is 122 Å². The summed E-state index contributed by atoms with van der Waals surface area (Å²) in [6.45, 7) is 19.4. The van der Waals surface area contributed by atoms with Crippen molar-refractivity contribution in [2.75, 3.05) is 73.4 Å². The lowest BCUT2D eigenvalue weighted by Crippen LogP contribution is -2.51. The van der Waals surface area contributed by atoms with E-state index in [2.05, 4.69) is 59.0 Å². The Morgan fingerprint density at radius 3 is 2.24 bits per heavy atom. The second-order valence-electron chi connectivity index (χ2n) is 16.5. The van der Waals surface area contributed by atoms with Crippen LogP contribution in [0.2, 0.25) is 18.1 Å². The molecule has 49 heavy (non-hydrogen) atoms. The topological polar surface area (TPSA) is 84.8 Å². The summed E-state index contributed by atoms with van der Waals surface area (Å²) in [6, 6.07) is 6.86. The predicted molar refractivity (Wildman–Crippen MR) is 198 cm³/mol. The first-order valence-electron chi connectivity index (χ1n) is 19.4. The van der Waals surface area contributed by atoms with Gasteiger partial charge in [-0.2, -0.15) is 0 Å². The van der Waals surface area contributed by atoms with E-state index >= 15 is 0 Å². The molecule has 0 amide bonds. The molecule has 0 spiro atoms. The largest absolute Gasteiger partial charge is 0.468 e. The highest BCUT2D eigenvalue weighted by atomic mass is 28.4. The van der Waals surface area contributed by atoms with E-state index < -0.39 is 8.32 Å². The van der Waals surface area contributed by atoms with Gasteiger partial charge >= 0.3 is 0 Å². The lowest BCUT2D eigenvalue weighted by Gasteiger charge is -2.54. The molecule has 0 saturated heterocycles. The van der Waals surface area contributed by atoms with Crippen molar-refractivity contribution in [3.63, 3.8) is 0 Å². The van der Waals surface area contributed by atoms with E-state index in [9.17, 15) is 0 Å². The van der Waals surface area contributed by atoms with Gasteiger partial charge in [-0.1, -0.05) is 53.0 Å². The lowest BCUT2D eigenvalue weighted by molar-refractivity contribution is -0.0346. The molecule has 3 aliphatic carbocycles. The van der Waals surface area contributed by atoms with E-state index in [4.69, 9.17) is 38.0 Å². The molecule has 1 N–H and O–H groups in total. The van der Waals surface area contributed by atoms with Gasteiger partial charge < -0.3 is 38.0 Å². The second kappa shape index (κ2) is 19.7. The first kappa shape index (κ1) is 40.7. The summed E-state index contributed by atoms with van der Waals surface area (Å²) in [4.78, 5) is 0. The Morgan fingerprint density at radius 1 is 0.837 bits per heavy atom. The van der Waals surface area contributed by atoms with Crippen LogP contribution in [0.3, 0.4) is 0 Å². The number of unbranched alkanes of at least 4 members (excludes halogenated alkanes) is 3. The predicted octanol–water partition coefficient (Wildman–Crippen LogP) is 8.15. The van der Waals surface area contributed by atoms with Gasteiger partial charge in [0.2, 0.25) is 0 Å². The monoisotopic (exact) mass is 706 g/mol. The molecule has 0 heterocycles. The summed E-state index contributed by atoms with van der Waals surface area (Å²) < 4.78 is 40.5. The Bertz CT molecular complexity index is 1090. The second-order valence-corrected chi connectivity index (χ2v) is 21.3. The summed E-state index contributed by atoms with van der Waals surface area (Å²) in [7, 11) is -0.163. The highest BCUT2D eigenvalue weighted by Crippen LogP contribution is 2.64. The summed E-state index contributed by atoms with van der Waals surface area (Å²) in [5.74, 6) is 3.68. The van der Waals surface area contributed by atoms with Gasteiger partial charge in [0, 0.05) is 13.7 Å². The van der Waals surface area contributed by atoms with Crippen LogP contribution in [-0.4, -0.2) is 92.9 Å². The Labute approximate surface area is 299 Å². The quantitative estimate of drug-likeness (QED) is 0.0694. The third-order valence-electron chi connectivity index (χ3n) is 12.4. The summed E-state index contributed by atoms with van der Waals surface area (Å²) in [5, 5.41) is 8.98. The zero-order valence-electron chi connectivity index (χ0n) is 32.1. The molecule has 0 unspecified atom stereocenters. The number of fused-ring (bicyclic) bond motifs is 5. The number of hydrogen-bond donors (Lipinski definition) is 1. The fourth-order valence-corrected chi connectivity index (χ4v) is 10.1. The SMILES string of the molecule is COCCOCOc1ccc2c(c1)C[C@@H](CCCCCCOCCOCCOCCO)[C@@H]1[C@@H]2CC[C@]2(C)[C@@H](O[Si](C)(C)C(C)(C)C)CC[C@@H]12. The molecule has 3 aliphatic rings. The van der Waals surface area contributed by atoms with Gasteiger partial charge in [0.05, 0.1) is 59.0 Å². The first-order valence-corrected chi connectivity index (χ1v) is 22.3. The van der Waals surface area contributed by atoms with E-state index in [0.717, 1.165) is 37.0 Å². The van der Waals surface area contributed by atoms with Crippen LogP contribution < -0.4 is 4.74 Å². The molecule has 9 heteroatoms. The number of hydrogen-bond acceptors (Lipinski definition) is 8. The lowest BCUT2D eigenvalue weighted by atomic mass is 9.52. The zero-order valence-corrected chi connectivity index (χ0v) is 33.1. The maximum Gasteiger partial charge on any atom is 0.192 e. The van der Waals surface area contributed by atoms with E-state index in [1.54, 1.807) is 12.7 Å². The summed E-state index contributed by atoms with van der Waals surface area (Å²) >= 11 is 0. The van der Waals surface area contributed by atoms with Crippen molar-refractivity contribution >= 4 is 8.32 Å². The normalized spacial score (nSPS) is 26.7. The number of methoxy groups -OCH3 is 1. The Kier molecular flexibility index (Phi) is 16.4. The molecule has 0 radical (unpaired) electrons. The minimum Gasteiger partial charge on any atom is -0.468 e. The molecule has 2 fully saturated rings. The Morgan fingerprint density at radius 2 is 1.53 bits per heavy atom. The van der Waals surface area contributed by atoms with Gasteiger partial charge in [-0.25, -0.2) is 0 Å². The van der Waals surface area contributed by atoms with Crippen molar-refractivity contribution in [3.05, 3.63) is 29.3 Å². The number of aliphatic hydroxyl groups excluding tert-OH is 1. The van der Waals surface area contributed by atoms with Gasteiger partial charge in [0.25, 0.3) is 0 Å². The van der Waals surface area contributed by atoms with Crippen molar-refractivity contribution in [3.8, 4) is 5.75 Å². The van der Waals surface area contributed by atoms with Crippen molar-refractivity contribution in [1.82, 2.24) is 0 Å². The van der Waals surface area contributed by atoms with Crippen LogP contribution in [0.5, 0.6) is 5.75 Å². The van der Waals surface area contributed by atoms with Gasteiger partial charge in [0.1, 0.15) is 5.75 Å². The molecule has 1 aromatic carbocycles. The third-order valence-corrected chi connectivity index (χ3v) is 16.8. The van der Waals surface area contributed by atoms with Gasteiger partial charge in [-0.15, -0.1) is 0 Å². The van der Waals surface area contributed by atoms with Crippen LogP contribution in [0, 0.1) is 23.2 Å². The number of aliphatic hydroxyl groups is 1. The van der Waals surface area contributed by atoms with Gasteiger partial charge in [-0.05, 0) is 115 Å². The molecule has 0 aliphatic heterocycles. The minimum atomic E-state index is -1.85. The summed E-state index contributed by atoms with van der Waals surface area (Å²) in [5.41, 5.74) is 3.33. The molecule has 6 atom stereocenters. The maximum absolute atomic E-state index is 8.75. The van der Waals surface area contributed by atoms with Crippen molar-refractivity contribution in [1.29, 1.82) is 0 Å². The molecule has 2 saturated carbocycles. The van der Waals surface area contributed by atoms with Crippen LogP contribution in [0.25, 0.3) is 0 Å². The standard InChI is InChI=1S/C40H70O8Si/c1-39(2,3)49(6,7)48-37-16-15-36-38-31(12-10-8-9-11-20-43-24-26-45-27-25-44-21-19-41)28-32-29-33(47-30-46-23-22-42-5)13-14-34(32)35(38)17-18-40(36,37)4/h13-14,29,31,35-38,41H,8-12,15-28,30H2,1-7H3/t31-,35-,36+,37+,38-,40+/m1/s1. The third kappa shape index (κ3) is 11.2. The first-order chi connectivity index (χ1) is 23.5. The van der Waals surface area contributed by atoms with E-state index in [0.29, 0.717) is 64.2 Å². The van der Waals surface area contributed by atoms with E-state index in [1.807, 2.05) is 0 Å². The smallest absolute Gasteiger partial charge is 0.192 e. The summed E-state index contributed by atoms with van der Waals surface area (Å²) in [6.07, 6.45) is 12.7. The number of rotatable bonds is 23. The van der Waals surface area contributed by atoms with Crippen LogP contribution in [0.15, 0.2) is 18.2 Å². The highest BCUT2D eigenvalue weighted by molar-refractivity contribution is 6.74. The van der Waals surface area contributed by atoms with Crippen molar-refractivity contribution in [2.24, 2.45) is 23.2 Å². The number of ether oxygens (including phenoxy) is 6. The Hall–Kier alpha value is -1.04. The highest BCUT2D eigenvalue weighted by Gasteiger charge is 2.58. The van der Waals surface area contributed by atoms with Crippen LogP contribution in [-0.2, 0) is 34.5 Å². The van der Waals surface area contributed by atoms with Gasteiger partial charge in [-0.3, -0.25) is 0 Å². The Balaban J connectivity index is 1.35. The van der Waals surface area contributed by atoms with Crippen LogP contribution >= 0.6 is 0 Å². The fourth-order valence-electron chi connectivity index (χ4n) is 8.70. The molecular weight excluding hydrogens is 637 g/mol. The molecular formula is C40H70O8Si. The molecule has 4 rings (SSSR count). The average molecular weight is 707 g/mol. The molecule has 1 aromatic rings. The van der Waals surface area contributed by atoms with E-state index in [1.165, 1.54) is 56.9 Å². The van der Waals surface area contributed by atoms with Gasteiger partial charge in [0.15, 0.2) is 15.1 Å². The van der Waals surface area contributed by atoms with Crippen LogP contribution in [0.4, 0.5) is 0 Å². The van der Waals surface area contributed by atoms with Crippen LogP contribution in [0.1, 0.15) is 103 Å². The fraction of sp³-hybridized carbons (Fsp3) is 0.850. The maximum atomic E-state index is 8.75. The molecule has 282 valence electrons. The average Bonchev–Trinajstić information content (AvgIpc) is 3.39. The van der Waals surface area contributed by atoms with E-state index in [-0.39, 0.29) is 23.9 Å². The van der Waals surface area contributed by atoms with Crippen molar-refractivity contribution < 1.29 is 38.0 Å². The molecule has 8 nitrogen and oxygen atoms in total. The minimum absolute atomic E-state index is 0.0506. The number of benzene rings is 1. The molecule has 0 aromatic heterocycles. The molecule has 0 bridgehead atoms.